The number of pyridine rings is 1. The molecule has 4 heteroatoms. The lowest BCUT2D eigenvalue weighted by Gasteiger charge is -2.19. The Balaban J connectivity index is 2.21. The second kappa shape index (κ2) is 6.53. The number of hydrogen-bond acceptors (Lipinski definition) is 4. The lowest BCUT2D eigenvalue weighted by Crippen LogP contribution is -2.26. The van der Waals surface area contributed by atoms with Crippen molar-refractivity contribution in [1.82, 2.24) is 4.98 Å². The van der Waals surface area contributed by atoms with Crippen molar-refractivity contribution in [2.24, 2.45) is 0 Å². The number of rotatable bonds is 6. The van der Waals surface area contributed by atoms with Crippen LogP contribution in [0.15, 0.2) is 6.07 Å². The number of nitriles is 1. The molecule has 1 aliphatic rings. The average Bonchev–Trinajstić information content (AvgIpc) is 2.85. The molecule has 0 radical (unpaired) electrons. The Morgan fingerprint density at radius 3 is 3.05 bits per heavy atom. The fraction of sp³-hybridized carbons (Fsp3) is 0.600. The van der Waals surface area contributed by atoms with Gasteiger partial charge < -0.3 is 10.1 Å². The Hall–Kier alpha value is -1.60. The van der Waals surface area contributed by atoms with E-state index in [0.29, 0.717) is 12.2 Å². The van der Waals surface area contributed by atoms with E-state index in [1.54, 1.807) is 7.11 Å². The number of fused-ring (bicyclic) bond motifs is 1. The summed E-state index contributed by atoms with van der Waals surface area (Å²) in [7, 11) is 1.70. The molecule has 1 aromatic rings. The Kier molecular flexibility index (Phi) is 4.75. The molecule has 0 fully saturated rings. The number of aromatic nitrogens is 1. The molecule has 102 valence electrons. The first-order valence-corrected chi connectivity index (χ1v) is 6.96. The van der Waals surface area contributed by atoms with Gasteiger partial charge in [-0.15, -0.1) is 0 Å². The summed E-state index contributed by atoms with van der Waals surface area (Å²) < 4.78 is 5.22. The van der Waals surface area contributed by atoms with Crippen LogP contribution in [0.2, 0.25) is 0 Å². The second-order valence-corrected chi connectivity index (χ2v) is 5.04. The lowest BCUT2D eigenvalue weighted by atomic mass is 10.1. The van der Waals surface area contributed by atoms with E-state index in [1.165, 1.54) is 5.56 Å². The van der Waals surface area contributed by atoms with Gasteiger partial charge in [0.2, 0.25) is 0 Å². The zero-order chi connectivity index (χ0) is 13.7. The molecule has 0 aliphatic heterocycles. The molecule has 1 aliphatic carbocycles. The zero-order valence-corrected chi connectivity index (χ0v) is 11.7. The first kappa shape index (κ1) is 13.8. The summed E-state index contributed by atoms with van der Waals surface area (Å²) in [6, 6.07) is 4.46. The van der Waals surface area contributed by atoms with Crippen molar-refractivity contribution in [3.8, 4) is 6.07 Å². The monoisotopic (exact) mass is 259 g/mol. The van der Waals surface area contributed by atoms with Crippen LogP contribution in [-0.2, 0) is 17.6 Å². The van der Waals surface area contributed by atoms with Crippen molar-refractivity contribution < 1.29 is 4.74 Å². The van der Waals surface area contributed by atoms with Gasteiger partial charge in [0.1, 0.15) is 11.9 Å². The zero-order valence-electron chi connectivity index (χ0n) is 11.7. The van der Waals surface area contributed by atoms with Crippen molar-refractivity contribution in [3.63, 3.8) is 0 Å². The van der Waals surface area contributed by atoms with E-state index < -0.39 is 0 Å². The van der Waals surface area contributed by atoms with E-state index >= 15 is 0 Å². The highest BCUT2D eigenvalue weighted by atomic mass is 16.5. The molecular weight excluding hydrogens is 238 g/mol. The minimum atomic E-state index is 0.217. The van der Waals surface area contributed by atoms with Crippen LogP contribution in [0.5, 0.6) is 0 Å². The fourth-order valence-electron chi connectivity index (χ4n) is 2.61. The molecule has 4 nitrogen and oxygen atoms in total. The molecule has 2 rings (SSSR count). The van der Waals surface area contributed by atoms with Gasteiger partial charge in [0.25, 0.3) is 0 Å². The maximum Gasteiger partial charge on any atom is 0.144 e. The molecule has 0 saturated heterocycles. The minimum absolute atomic E-state index is 0.217. The summed E-state index contributed by atoms with van der Waals surface area (Å²) in [4.78, 5) is 4.64. The number of methoxy groups -OCH3 is 1. The Bertz CT molecular complexity index is 473. The Labute approximate surface area is 114 Å². The van der Waals surface area contributed by atoms with Gasteiger partial charge in [-0.2, -0.15) is 5.26 Å². The molecule has 0 bridgehead atoms. The fourth-order valence-corrected chi connectivity index (χ4v) is 2.61. The first-order chi connectivity index (χ1) is 9.28. The van der Waals surface area contributed by atoms with Gasteiger partial charge >= 0.3 is 0 Å². The third kappa shape index (κ3) is 3.24. The van der Waals surface area contributed by atoms with Gasteiger partial charge in [-0.3, -0.25) is 0 Å². The van der Waals surface area contributed by atoms with Crippen molar-refractivity contribution in [1.29, 1.82) is 5.26 Å². The summed E-state index contributed by atoms with van der Waals surface area (Å²) in [5, 5.41) is 12.6. The Morgan fingerprint density at radius 2 is 2.37 bits per heavy atom. The normalized spacial score (nSPS) is 14.8. The molecule has 1 N–H and O–H groups in total. The summed E-state index contributed by atoms with van der Waals surface area (Å²) in [5.74, 6) is 0.721. The van der Waals surface area contributed by atoms with Crippen LogP contribution in [0.3, 0.4) is 0 Å². The predicted molar refractivity (Wildman–Crippen MR) is 75.2 cm³/mol. The topological polar surface area (TPSA) is 57.9 Å². The highest BCUT2D eigenvalue weighted by Gasteiger charge is 2.18. The van der Waals surface area contributed by atoms with Gasteiger partial charge in [0.15, 0.2) is 0 Å². The molecule has 1 atom stereocenters. The van der Waals surface area contributed by atoms with Crippen LogP contribution in [0, 0.1) is 11.3 Å². The molecule has 1 aromatic heterocycles. The predicted octanol–water partition coefficient (Wildman–Crippen LogP) is 2.67. The van der Waals surface area contributed by atoms with E-state index in [-0.39, 0.29) is 6.04 Å². The van der Waals surface area contributed by atoms with Crippen molar-refractivity contribution in [2.75, 3.05) is 19.0 Å². The molecular formula is C15H21N3O. The second-order valence-electron chi connectivity index (χ2n) is 5.04. The standard InChI is InChI=1S/C15H21N3O/c1-3-5-13(10-19-2)17-15-12(9-16)8-11-6-4-7-14(11)18-15/h8,13H,3-7,10H2,1-2H3,(H,17,18). The number of nitrogens with zero attached hydrogens (tertiary/aromatic N) is 2. The smallest absolute Gasteiger partial charge is 0.144 e. The van der Waals surface area contributed by atoms with Crippen LogP contribution < -0.4 is 5.32 Å². The molecule has 1 unspecified atom stereocenters. The van der Waals surface area contributed by atoms with Crippen LogP contribution in [-0.4, -0.2) is 24.7 Å². The molecule has 1 heterocycles. The van der Waals surface area contributed by atoms with Gasteiger partial charge in [-0.25, -0.2) is 4.98 Å². The van der Waals surface area contributed by atoms with E-state index in [2.05, 4.69) is 23.3 Å². The third-order valence-corrected chi connectivity index (χ3v) is 3.52. The summed E-state index contributed by atoms with van der Waals surface area (Å²) in [6.07, 6.45) is 5.31. The van der Waals surface area contributed by atoms with Crippen molar-refractivity contribution in [2.45, 2.75) is 45.1 Å². The van der Waals surface area contributed by atoms with Gasteiger partial charge in [0, 0.05) is 12.8 Å². The maximum atomic E-state index is 9.26. The van der Waals surface area contributed by atoms with Gasteiger partial charge in [0.05, 0.1) is 18.2 Å². The van der Waals surface area contributed by atoms with Crippen LogP contribution in [0.1, 0.15) is 43.0 Å². The molecule has 0 aromatic carbocycles. The molecule has 19 heavy (non-hydrogen) atoms. The average molecular weight is 259 g/mol. The van der Waals surface area contributed by atoms with E-state index in [4.69, 9.17) is 4.74 Å². The SMILES string of the molecule is CCCC(COC)Nc1nc2c(cc1C#N)CCC2. The first-order valence-electron chi connectivity index (χ1n) is 6.96. The molecule has 0 spiro atoms. The van der Waals surface area contributed by atoms with Crippen molar-refractivity contribution in [3.05, 3.63) is 22.9 Å². The highest BCUT2D eigenvalue weighted by molar-refractivity contribution is 5.55. The van der Waals surface area contributed by atoms with E-state index in [0.717, 1.165) is 43.6 Å². The van der Waals surface area contributed by atoms with Crippen molar-refractivity contribution >= 4 is 5.82 Å². The summed E-state index contributed by atoms with van der Waals surface area (Å²) in [5.41, 5.74) is 3.04. The van der Waals surface area contributed by atoms with Crippen LogP contribution >= 0.6 is 0 Å². The minimum Gasteiger partial charge on any atom is -0.383 e. The summed E-state index contributed by atoms with van der Waals surface area (Å²) >= 11 is 0. The number of anilines is 1. The van der Waals surface area contributed by atoms with Crippen LogP contribution in [0.4, 0.5) is 5.82 Å². The van der Waals surface area contributed by atoms with Gasteiger partial charge in [-0.1, -0.05) is 13.3 Å². The number of ether oxygens (including phenoxy) is 1. The highest BCUT2D eigenvalue weighted by Crippen LogP contribution is 2.25. The Morgan fingerprint density at radius 1 is 1.53 bits per heavy atom. The number of hydrogen-bond donors (Lipinski definition) is 1. The number of nitrogens with one attached hydrogen (secondary N) is 1. The quantitative estimate of drug-likeness (QED) is 0.853. The molecule has 0 saturated carbocycles. The third-order valence-electron chi connectivity index (χ3n) is 3.52. The molecule has 0 amide bonds. The van der Waals surface area contributed by atoms with E-state index in [9.17, 15) is 5.26 Å². The van der Waals surface area contributed by atoms with Gasteiger partial charge in [-0.05, 0) is 37.3 Å². The summed E-state index contributed by atoms with van der Waals surface area (Å²) in [6.45, 7) is 2.78. The van der Waals surface area contributed by atoms with Crippen LogP contribution in [0.25, 0.3) is 0 Å². The largest absolute Gasteiger partial charge is 0.383 e. The van der Waals surface area contributed by atoms with E-state index in [1.807, 2.05) is 6.07 Å². The lowest BCUT2D eigenvalue weighted by molar-refractivity contribution is 0.182. The number of aryl methyl sites for hydroxylation is 2. The maximum absolute atomic E-state index is 9.26.